The molecule has 0 aliphatic heterocycles. The Hall–Kier alpha value is -0.610. The van der Waals surface area contributed by atoms with Gasteiger partial charge in [0.05, 0.1) is 0 Å². The van der Waals surface area contributed by atoms with Crippen molar-refractivity contribution in [2.75, 3.05) is 27.7 Å². The van der Waals surface area contributed by atoms with Gasteiger partial charge in [-0.1, -0.05) is 12.8 Å². The fraction of sp³-hybridized carbons (Fsp3) is 0.917. The molecule has 2 N–H and O–H groups in total. The van der Waals surface area contributed by atoms with Gasteiger partial charge < -0.3 is 10.6 Å². The summed E-state index contributed by atoms with van der Waals surface area (Å²) in [4.78, 5) is 15.6. The van der Waals surface area contributed by atoms with E-state index < -0.39 is 0 Å². The summed E-state index contributed by atoms with van der Waals surface area (Å²) in [6, 6.07) is 0.821. The molecule has 1 atom stereocenters. The van der Waals surface area contributed by atoms with Crippen molar-refractivity contribution in [2.45, 2.75) is 44.2 Å². The Morgan fingerprint density at radius 2 is 1.88 bits per heavy atom. The van der Waals surface area contributed by atoms with Crippen LogP contribution in [0.15, 0.2) is 0 Å². The Bertz CT molecular complexity index is 224. The van der Waals surface area contributed by atoms with Crippen LogP contribution in [-0.2, 0) is 4.79 Å². The average molecular weight is 227 g/mol. The fourth-order valence-corrected chi connectivity index (χ4v) is 2.39. The number of nitrogens with two attached hydrogens (primary N) is 1. The molecule has 0 radical (unpaired) electrons. The van der Waals surface area contributed by atoms with Crippen molar-refractivity contribution in [1.82, 2.24) is 9.80 Å². The zero-order chi connectivity index (χ0) is 12.1. The minimum Gasteiger partial charge on any atom is -0.349 e. The van der Waals surface area contributed by atoms with Gasteiger partial charge in [-0.3, -0.25) is 9.69 Å². The van der Waals surface area contributed by atoms with E-state index in [4.69, 9.17) is 5.73 Å². The van der Waals surface area contributed by atoms with E-state index in [1.54, 1.807) is 19.0 Å². The summed E-state index contributed by atoms with van der Waals surface area (Å²) in [5.41, 5.74) is 5.78. The summed E-state index contributed by atoms with van der Waals surface area (Å²) in [5.74, 6) is 0.167. The lowest BCUT2D eigenvalue weighted by molar-refractivity contribution is -0.130. The van der Waals surface area contributed by atoms with E-state index in [-0.39, 0.29) is 11.9 Å². The number of amides is 1. The summed E-state index contributed by atoms with van der Waals surface area (Å²) in [6.07, 6.45) is 5.67. The van der Waals surface area contributed by atoms with E-state index in [2.05, 4.69) is 11.9 Å². The Morgan fingerprint density at radius 3 is 2.31 bits per heavy atom. The van der Waals surface area contributed by atoms with E-state index in [0.717, 1.165) is 0 Å². The third-order valence-corrected chi connectivity index (χ3v) is 3.66. The molecule has 0 bridgehead atoms. The maximum absolute atomic E-state index is 11.7. The van der Waals surface area contributed by atoms with Gasteiger partial charge >= 0.3 is 0 Å². The molecule has 1 unspecified atom stereocenters. The van der Waals surface area contributed by atoms with Crippen molar-refractivity contribution in [3.8, 4) is 0 Å². The van der Waals surface area contributed by atoms with Crippen LogP contribution in [0, 0.1) is 0 Å². The summed E-state index contributed by atoms with van der Waals surface area (Å²) in [7, 11) is 5.70. The first-order valence-electron chi connectivity index (χ1n) is 6.18. The van der Waals surface area contributed by atoms with Crippen LogP contribution in [-0.4, -0.2) is 55.5 Å². The molecule has 1 saturated carbocycles. The van der Waals surface area contributed by atoms with E-state index in [9.17, 15) is 4.79 Å². The molecule has 0 saturated heterocycles. The number of carbonyl (C=O) groups is 1. The van der Waals surface area contributed by atoms with Crippen molar-refractivity contribution in [1.29, 1.82) is 0 Å². The highest BCUT2D eigenvalue weighted by Gasteiger charge is 2.26. The predicted octanol–water partition coefficient (Wildman–Crippen LogP) is 0.666. The third-order valence-electron chi connectivity index (χ3n) is 3.66. The maximum atomic E-state index is 11.7. The lowest BCUT2D eigenvalue weighted by Crippen LogP contribution is -2.45. The molecule has 1 fully saturated rings. The Balaban J connectivity index is 2.48. The number of rotatable bonds is 5. The first-order chi connectivity index (χ1) is 7.56. The monoisotopic (exact) mass is 227 g/mol. The minimum absolute atomic E-state index is 0.167. The van der Waals surface area contributed by atoms with Crippen molar-refractivity contribution < 1.29 is 4.79 Å². The van der Waals surface area contributed by atoms with Crippen molar-refractivity contribution in [2.24, 2.45) is 5.73 Å². The van der Waals surface area contributed by atoms with E-state index >= 15 is 0 Å². The predicted molar refractivity (Wildman–Crippen MR) is 66.2 cm³/mol. The molecule has 4 nitrogen and oxygen atoms in total. The molecule has 94 valence electrons. The van der Waals surface area contributed by atoms with Crippen LogP contribution in [0.5, 0.6) is 0 Å². The molecule has 4 heteroatoms. The normalized spacial score (nSPS) is 19.1. The van der Waals surface area contributed by atoms with Gasteiger partial charge in [0.25, 0.3) is 0 Å². The summed E-state index contributed by atoms with van der Waals surface area (Å²) < 4.78 is 0. The first kappa shape index (κ1) is 13.5. The van der Waals surface area contributed by atoms with Gasteiger partial charge in [0.2, 0.25) is 5.91 Å². The fourth-order valence-electron chi connectivity index (χ4n) is 2.39. The number of nitrogens with zero attached hydrogens (tertiary/aromatic N) is 2. The van der Waals surface area contributed by atoms with E-state index in [1.807, 2.05) is 0 Å². The molecule has 1 aliphatic carbocycles. The molecule has 16 heavy (non-hydrogen) atoms. The second-order valence-corrected chi connectivity index (χ2v) is 4.99. The van der Waals surface area contributed by atoms with Crippen molar-refractivity contribution in [3.05, 3.63) is 0 Å². The van der Waals surface area contributed by atoms with Crippen LogP contribution in [0.2, 0.25) is 0 Å². The molecule has 0 aromatic heterocycles. The lowest BCUT2D eigenvalue weighted by Gasteiger charge is -2.32. The number of carbonyl (C=O) groups excluding carboxylic acids is 1. The average Bonchev–Trinajstić information content (AvgIpc) is 2.77. The topological polar surface area (TPSA) is 49.6 Å². The van der Waals surface area contributed by atoms with Crippen LogP contribution in [0.4, 0.5) is 0 Å². The van der Waals surface area contributed by atoms with Crippen LogP contribution in [0.25, 0.3) is 0 Å². The largest absolute Gasteiger partial charge is 0.349 e. The molecule has 1 amide bonds. The molecular weight excluding hydrogens is 202 g/mol. The smallest absolute Gasteiger partial charge is 0.223 e. The highest BCUT2D eigenvalue weighted by molar-refractivity contribution is 5.76. The van der Waals surface area contributed by atoms with Gasteiger partial charge in [-0.05, 0) is 19.9 Å². The zero-order valence-electron chi connectivity index (χ0n) is 10.8. The third kappa shape index (κ3) is 3.46. The molecule has 0 aromatic rings. The summed E-state index contributed by atoms with van der Waals surface area (Å²) in [5, 5.41) is 0. The van der Waals surface area contributed by atoms with Crippen LogP contribution < -0.4 is 5.73 Å². The second kappa shape index (κ2) is 6.21. The van der Waals surface area contributed by atoms with Gasteiger partial charge in [0, 0.05) is 39.1 Å². The Morgan fingerprint density at radius 1 is 1.31 bits per heavy atom. The lowest BCUT2D eigenvalue weighted by atomic mass is 10.1. The Kier molecular flexibility index (Phi) is 5.22. The highest BCUT2D eigenvalue weighted by atomic mass is 16.2. The van der Waals surface area contributed by atoms with Gasteiger partial charge in [-0.2, -0.15) is 0 Å². The van der Waals surface area contributed by atoms with Crippen molar-refractivity contribution >= 4 is 5.91 Å². The number of hydrogen-bond acceptors (Lipinski definition) is 3. The van der Waals surface area contributed by atoms with Crippen molar-refractivity contribution in [3.63, 3.8) is 0 Å². The molecule has 0 heterocycles. The first-order valence-corrected chi connectivity index (χ1v) is 6.18. The van der Waals surface area contributed by atoms with Crippen LogP contribution in [0.1, 0.15) is 32.1 Å². The number of likely N-dealkylation sites (N-methyl/N-ethyl adjacent to an activating group) is 1. The number of hydrogen-bond donors (Lipinski definition) is 1. The molecule has 0 aromatic carbocycles. The van der Waals surface area contributed by atoms with Crippen LogP contribution in [0.3, 0.4) is 0 Å². The van der Waals surface area contributed by atoms with E-state index in [1.165, 1.54) is 25.7 Å². The second-order valence-electron chi connectivity index (χ2n) is 4.99. The molecule has 1 aliphatic rings. The Labute approximate surface area is 98.8 Å². The van der Waals surface area contributed by atoms with Gasteiger partial charge in [-0.15, -0.1) is 0 Å². The highest BCUT2D eigenvalue weighted by Crippen LogP contribution is 2.24. The van der Waals surface area contributed by atoms with Gasteiger partial charge in [0.1, 0.15) is 0 Å². The SMILES string of the molecule is CN(C)C(=O)CC(CN)N(C)C1CCCC1. The zero-order valence-corrected chi connectivity index (χ0v) is 10.8. The quantitative estimate of drug-likeness (QED) is 0.751. The molecule has 0 spiro atoms. The van der Waals surface area contributed by atoms with Gasteiger partial charge in [-0.25, -0.2) is 0 Å². The van der Waals surface area contributed by atoms with Gasteiger partial charge in [0.15, 0.2) is 0 Å². The standard InChI is InChI=1S/C12H25N3O/c1-14(2)12(16)8-11(9-13)15(3)10-6-4-5-7-10/h10-11H,4-9,13H2,1-3H3. The molecular formula is C12H25N3O. The minimum atomic E-state index is 0.167. The maximum Gasteiger partial charge on any atom is 0.223 e. The molecule has 1 rings (SSSR count). The summed E-state index contributed by atoms with van der Waals surface area (Å²) in [6.45, 7) is 0.562. The van der Waals surface area contributed by atoms with E-state index in [0.29, 0.717) is 19.0 Å². The van der Waals surface area contributed by atoms with Crippen LogP contribution >= 0.6 is 0 Å². The summed E-state index contributed by atoms with van der Waals surface area (Å²) >= 11 is 0.